The summed E-state index contributed by atoms with van der Waals surface area (Å²) in [6, 6.07) is 52.2. The summed E-state index contributed by atoms with van der Waals surface area (Å²) in [6.07, 6.45) is 0. The highest BCUT2D eigenvalue weighted by molar-refractivity contribution is 9.10. The summed E-state index contributed by atoms with van der Waals surface area (Å²) >= 11 is 4.45. The van der Waals surface area contributed by atoms with Crippen LogP contribution >= 0.6 is 15.9 Å². The van der Waals surface area contributed by atoms with Crippen molar-refractivity contribution < 1.29 is 0 Å². The Bertz CT molecular complexity index is 1500. The van der Waals surface area contributed by atoms with Crippen molar-refractivity contribution in [2.45, 2.75) is 11.2 Å². The zero-order valence-electron chi connectivity index (χ0n) is 20.7. The van der Waals surface area contributed by atoms with Gasteiger partial charge in [-0.25, -0.2) is 0 Å². The topological polar surface area (TPSA) is 0 Å². The SMILES string of the molecule is Cc1cccc(C2(Br)C(c3ccccc3)=C(c3ccccc3)C(c3ccccc3)=C2c2ccccc2)c1. The van der Waals surface area contributed by atoms with Crippen molar-refractivity contribution in [2.75, 3.05) is 0 Å². The van der Waals surface area contributed by atoms with Crippen LogP contribution in [-0.4, -0.2) is 0 Å². The van der Waals surface area contributed by atoms with E-state index in [1.807, 2.05) is 0 Å². The molecule has 6 rings (SSSR count). The molecule has 0 bridgehead atoms. The number of hydrogen-bond donors (Lipinski definition) is 0. The van der Waals surface area contributed by atoms with Gasteiger partial charge in [0.05, 0.1) is 0 Å². The van der Waals surface area contributed by atoms with Crippen LogP contribution in [0.2, 0.25) is 0 Å². The molecule has 0 N–H and O–H groups in total. The van der Waals surface area contributed by atoms with Gasteiger partial charge in [-0.15, -0.1) is 0 Å². The zero-order valence-corrected chi connectivity index (χ0v) is 22.3. The summed E-state index contributed by atoms with van der Waals surface area (Å²) in [5, 5.41) is 0. The van der Waals surface area contributed by atoms with Crippen LogP contribution in [0, 0.1) is 6.92 Å². The molecule has 0 saturated carbocycles. The molecule has 178 valence electrons. The van der Waals surface area contributed by atoms with Crippen LogP contribution in [-0.2, 0) is 4.32 Å². The highest BCUT2D eigenvalue weighted by atomic mass is 79.9. The lowest BCUT2D eigenvalue weighted by molar-refractivity contribution is 1.07. The van der Waals surface area contributed by atoms with Crippen molar-refractivity contribution in [3.8, 4) is 0 Å². The Morgan fingerprint density at radius 2 is 0.811 bits per heavy atom. The van der Waals surface area contributed by atoms with Crippen LogP contribution in [0.25, 0.3) is 22.3 Å². The maximum atomic E-state index is 4.45. The molecule has 1 aliphatic rings. The maximum Gasteiger partial charge on any atom is 0.103 e. The van der Waals surface area contributed by atoms with E-state index in [-0.39, 0.29) is 0 Å². The molecule has 0 aliphatic heterocycles. The molecule has 1 heteroatoms. The lowest BCUT2D eigenvalue weighted by Gasteiger charge is -2.32. The van der Waals surface area contributed by atoms with Crippen molar-refractivity contribution in [1.82, 2.24) is 0 Å². The molecule has 0 heterocycles. The Kier molecular flexibility index (Phi) is 6.24. The number of hydrogen-bond acceptors (Lipinski definition) is 0. The van der Waals surface area contributed by atoms with Crippen LogP contribution in [0.4, 0.5) is 0 Å². The second-order valence-corrected chi connectivity index (χ2v) is 10.7. The van der Waals surface area contributed by atoms with Gasteiger partial charge in [-0.2, -0.15) is 0 Å². The average molecular weight is 540 g/mol. The molecule has 0 unspecified atom stereocenters. The van der Waals surface area contributed by atoms with Crippen LogP contribution < -0.4 is 0 Å². The third kappa shape index (κ3) is 4.10. The summed E-state index contributed by atoms with van der Waals surface area (Å²) in [4.78, 5) is 0. The normalized spacial score (nSPS) is 14.8. The molecule has 0 spiro atoms. The molecule has 0 amide bonds. The van der Waals surface area contributed by atoms with Gasteiger partial charge < -0.3 is 0 Å². The average Bonchev–Trinajstić information content (AvgIpc) is 3.25. The fourth-order valence-electron chi connectivity index (χ4n) is 5.55. The largest absolute Gasteiger partial charge is 0.103 e. The fraction of sp³-hybridized carbons (Fsp3) is 0.0556. The summed E-state index contributed by atoms with van der Waals surface area (Å²) in [7, 11) is 0. The molecule has 0 nitrogen and oxygen atoms in total. The van der Waals surface area contributed by atoms with Crippen molar-refractivity contribution in [2.24, 2.45) is 0 Å². The Morgan fingerprint density at radius 3 is 1.19 bits per heavy atom. The Hall–Kier alpha value is -3.94. The van der Waals surface area contributed by atoms with E-state index in [1.165, 1.54) is 55.7 Å². The van der Waals surface area contributed by atoms with Crippen LogP contribution in [0.5, 0.6) is 0 Å². The molecule has 5 aromatic carbocycles. The Balaban J connectivity index is 1.83. The minimum atomic E-state index is -0.557. The minimum Gasteiger partial charge on any atom is -0.0695 e. The molecule has 0 atom stereocenters. The highest BCUT2D eigenvalue weighted by Gasteiger charge is 2.48. The van der Waals surface area contributed by atoms with E-state index >= 15 is 0 Å². The smallest absolute Gasteiger partial charge is 0.0695 e. The predicted octanol–water partition coefficient (Wildman–Crippen LogP) is 9.82. The first-order valence-corrected chi connectivity index (χ1v) is 13.4. The van der Waals surface area contributed by atoms with Gasteiger partial charge in [0, 0.05) is 0 Å². The predicted molar refractivity (Wildman–Crippen MR) is 161 cm³/mol. The molecule has 0 fully saturated rings. The monoisotopic (exact) mass is 538 g/mol. The van der Waals surface area contributed by atoms with Gasteiger partial charge in [-0.05, 0) is 57.0 Å². The molecule has 5 aromatic rings. The van der Waals surface area contributed by atoms with Gasteiger partial charge in [0.2, 0.25) is 0 Å². The number of aryl methyl sites for hydroxylation is 1. The van der Waals surface area contributed by atoms with Crippen molar-refractivity contribution in [1.29, 1.82) is 0 Å². The number of alkyl halides is 1. The first-order chi connectivity index (χ1) is 18.2. The zero-order chi connectivity index (χ0) is 25.2. The third-order valence-electron chi connectivity index (χ3n) is 7.10. The molecule has 37 heavy (non-hydrogen) atoms. The second-order valence-electron chi connectivity index (χ2n) is 9.49. The quantitative estimate of drug-likeness (QED) is 0.195. The molecule has 0 saturated heterocycles. The van der Waals surface area contributed by atoms with Gasteiger partial charge >= 0.3 is 0 Å². The van der Waals surface area contributed by atoms with Gasteiger partial charge in [-0.1, -0.05) is 167 Å². The summed E-state index contributed by atoms with van der Waals surface area (Å²) in [6.45, 7) is 2.17. The molecule has 1 aliphatic carbocycles. The molecule has 0 aromatic heterocycles. The first kappa shape index (κ1) is 23.5. The van der Waals surface area contributed by atoms with Gasteiger partial charge in [0.25, 0.3) is 0 Å². The Morgan fingerprint density at radius 1 is 0.432 bits per heavy atom. The van der Waals surface area contributed by atoms with Crippen LogP contribution in [0.3, 0.4) is 0 Å². The van der Waals surface area contributed by atoms with Crippen molar-refractivity contribution in [3.05, 3.63) is 179 Å². The highest BCUT2D eigenvalue weighted by Crippen LogP contribution is 2.64. The molecule has 0 radical (unpaired) electrons. The first-order valence-electron chi connectivity index (χ1n) is 12.7. The summed E-state index contributed by atoms with van der Waals surface area (Å²) in [5.41, 5.74) is 12.4. The van der Waals surface area contributed by atoms with Crippen molar-refractivity contribution in [3.63, 3.8) is 0 Å². The van der Waals surface area contributed by atoms with E-state index < -0.39 is 4.32 Å². The van der Waals surface area contributed by atoms with E-state index in [2.05, 4.69) is 168 Å². The summed E-state index contributed by atoms with van der Waals surface area (Å²) in [5.74, 6) is 0. The third-order valence-corrected chi connectivity index (χ3v) is 8.36. The fourth-order valence-corrected chi connectivity index (χ4v) is 6.65. The van der Waals surface area contributed by atoms with E-state index in [9.17, 15) is 0 Å². The lowest BCUT2D eigenvalue weighted by atomic mass is 9.80. The second kappa shape index (κ2) is 9.84. The van der Waals surface area contributed by atoms with E-state index in [1.54, 1.807) is 0 Å². The van der Waals surface area contributed by atoms with E-state index in [4.69, 9.17) is 0 Å². The lowest BCUT2D eigenvalue weighted by Crippen LogP contribution is -2.21. The maximum absolute atomic E-state index is 4.45. The van der Waals surface area contributed by atoms with Crippen molar-refractivity contribution >= 4 is 38.2 Å². The van der Waals surface area contributed by atoms with Gasteiger partial charge in [0.15, 0.2) is 0 Å². The molecular formula is C36H27Br. The van der Waals surface area contributed by atoms with Crippen LogP contribution in [0.1, 0.15) is 33.4 Å². The van der Waals surface area contributed by atoms with E-state index in [0.29, 0.717) is 0 Å². The summed E-state index contributed by atoms with van der Waals surface area (Å²) < 4.78 is -0.557. The molecular weight excluding hydrogens is 512 g/mol. The standard InChI is InChI=1S/C36H27Br/c1-26-15-14-24-31(25-26)36(37)34(29-20-10-4-11-21-29)32(27-16-6-2-7-17-27)33(28-18-8-3-9-19-28)35(36)30-22-12-5-13-23-30/h2-25H,1H3. The minimum absolute atomic E-state index is 0.557. The van der Waals surface area contributed by atoms with Gasteiger partial charge in [-0.3, -0.25) is 0 Å². The Labute approximate surface area is 227 Å². The van der Waals surface area contributed by atoms with E-state index in [0.717, 1.165) is 0 Å². The number of rotatable bonds is 5. The van der Waals surface area contributed by atoms with Gasteiger partial charge in [0.1, 0.15) is 4.32 Å². The number of halogens is 1. The number of allylic oxidation sites excluding steroid dienone is 4. The van der Waals surface area contributed by atoms with Crippen LogP contribution in [0.15, 0.2) is 146 Å². The number of benzene rings is 5.